The summed E-state index contributed by atoms with van der Waals surface area (Å²) in [5.74, 6) is 0.0781. The molecule has 134 valence electrons. The number of fused-ring (bicyclic) bond motifs is 1. The molecule has 1 aromatic carbocycles. The Balaban J connectivity index is 1.73. The summed E-state index contributed by atoms with van der Waals surface area (Å²) in [5.41, 5.74) is 2.32. The molecule has 5 nitrogen and oxygen atoms in total. The first-order chi connectivity index (χ1) is 12.1. The van der Waals surface area contributed by atoms with Crippen LogP contribution in [0.3, 0.4) is 0 Å². The van der Waals surface area contributed by atoms with Gasteiger partial charge in [-0.15, -0.1) is 0 Å². The highest BCUT2D eigenvalue weighted by atomic mass is 35.5. The lowest BCUT2D eigenvalue weighted by molar-refractivity contribution is 0.0626. The summed E-state index contributed by atoms with van der Waals surface area (Å²) in [7, 11) is 1.73. The van der Waals surface area contributed by atoms with E-state index in [0.29, 0.717) is 10.6 Å². The third-order valence-corrected chi connectivity index (χ3v) is 4.85. The van der Waals surface area contributed by atoms with Gasteiger partial charge >= 0.3 is 0 Å². The number of pyridine rings is 1. The smallest absolute Gasteiger partial charge is 0.254 e. The summed E-state index contributed by atoms with van der Waals surface area (Å²) in [6, 6.07) is 7.39. The van der Waals surface area contributed by atoms with Crippen molar-refractivity contribution < 1.29 is 9.53 Å². The topological polar surface area (TPSA) is 45.7 Å². The maximum Gasteiger partial charge on any atom is 0.254 e. The number of amides is 1. The van der Waals surface area contributed by atoms with E-state index >= 15 is 0 Å². The van der Waals surface area contributed by atoms with Gasteiger partial charge in [-0.1, -0.05) is 17.7 Å². The first-order valence-electron chi connectivity index (χ1n) is 8.66. The average molecular weight is 362 g/mol. The van der Waals surface area contributed by atoms with Crippen LogP contribution in [0.2, 0.25) is 5.02 Å². The molecule has 0 N–H and O–H groups in total. The van der Waals surface area contributed by atoms with Gasteiger partial charge in [0.1, 0.15) is 0 Å². The molecule has 2 aromatic rings. The minimum absolute atomic E-state index is 0.0781. The number of nitrogens with zero attached hydrogens (tertiary/aromatic N) is 3. The lowest BCUT2D eigenvalue weighted by atomic mass is 10.1. The fraction of sp³-hybridized carbons (Fsp3) is 0.474. The van der Waals surface area contributed by atoms with E-state index in [9.17, 15) is 4.79 Å². The molecule has 1 aliphatic rings. The fourth-order valence-corrected chi connectivity index (χ4v) is 3.45. The van der Waals surface area contributed by atoms with Gasteiger partial charge in [0.15, 0.2) is 0 Å². The number of aromatic nitrogens is 1. The Morgan fingerprint density at radius 1 is 1.24 bits per heavy atom. The van der Waals surface area contributed by atoms with Gasteiger partial charge in [0.25, 0.3) is 5.91 Å². The molecule has 1 aromatic heterocycles. The van der Waals surface area contributed by atoms with E-state index in [1.807, 2.05) is 36.1 Å². The molecule has 1 fully saturated rings. The van der Waals surface area contributed by atoms with E-state index in [0.717, 1.165) is 62.3 Å². The molecule has 0 bridgehead atoms. The fourth-order valence-electron chi connectivity index (χ4n) is 3.29. The van der Waals surface area contributed by atoms with Crippen LogP contribution in [0.5, 0.6) is 0 Å². The van der Waals surface area contributed by atoms with E-state index in [1.54, 1.807) is 7.11 Å². The molecule has 1 amide bonds. The standard InChI is InChI=1S/C19H24ClN3O2/c1-14-12-17(16-5-4-15(20)13-18(16)21-14)19(24)23-9-7-22(8-10-23)6-3-11-25-2/h4-5,12-13H,3,6-11H2,1-2H3. The molecular formula is C19H24ClN3O2. The van der Waals surface area contributed by atoms with Crippen molar-refractivity contribution in [2.45, 2.75) is 13.3 Å². The van der Waals surface area contributed by atoms with Gasteiger partial charge in [0, 0.05) is 62.5 Å². The predicted molar refractivity (Wildman–Crippen MR) is 100 cm³/mol. The van der Waals surface area contributed by atoms with Gasteiger partial charge in [0.2, 0.25) is 0 Å². The monoisotopic (exact) mass is 361 g/mol. The van der Waals surface area contributed by atoms with Gasteiger partial charge < -0.3 is 9.64 Å². The van der Waals surface area contributed by atoms with E-state index in [4.69, 9.17) is 16.3 Å². The number of ether oxygens (including phenoxy) is 1. The molecule has 0 unspecified atom stereocenters. The normalized spacial score (nSPS) is 15.7. The van der Waals surface area contributed by atoms with Crippen LogP contribution in [-0.4, -0.2) is 67.1 Å². The zero-order chi connectivity index (χ0) is 17.8. The van der Waals surface area contributed by atoms with Gasteiger partial charge in [-0.3, -0.25) is 14.7 Å². The van der Waals surface area contributed by atoms with Crippen molar-refractivity contribution in [1.29, 1.82) is 0 Å². The summed E-state index contributed by atoms with van der Waals surface area (Å²) >= 11 is 6.07. The molecule has 0 radical (unpaired) electrons. The van der Waals surface area contributed by atoms with Crippen molar-refractivity contribution in [1.82, 2.24) is 14.8 Å². The van der Waals surface area contributed by atoms with Gasteiger partial charge in [0.05, 0.1) is 11.1 Å². The van der Waals surface area contributed by atoms with Gasteiger partial charge in [-0.2, -0.15) is 0 Å². The second-order valence-corrected chi connectivity index (χ2v) is 6.89. The summed E-state index contributed by atoms with van der Waals surface area (Å²) in [6.45, 7) is 7.03. The Kier molecular flexibility index (Phi) is 5.89. The van der Waals surface area contributed by atoms with Gasteiger partial charge in [-0.05, 0) is 31.5 Å². The van der Waals surface area contributed by atoms with Crippen LogP contribution < -0.4 is 0 Å². The number of hydrogen-bond donors (Lipinski definition) is 0. The Morgan fingerprint density at radius 3 is 2.72 bits per heavy atom. The Labute approximate surface area is 153 Å². The van der Waals surface area contributed by atoms with E-state index in [2.05, 4.69) is 9.88 Å². The number of methoxy groups -OCH3 is 1. The second-order valence-electron chi connectivity index (χ2n) is 6.45. The summed E-state index contributed by atoms with van der Waals surface area (Å²) in [4.78, 5) is 21.9. The summed E-state index contributed by atoms with van der Waals surface area (Å²) < 4.78 is 5.10. The van der Waals surface area contributed by atoms with Gasteiger partial charge in [-0.25, -0.2) is 0 Å². The first-order valence-corrected chi connectivity index (χ1v) is 9.04. The average Bonchev–Trinajstić information content (AvgIpc) is 2.61. The first kappa shape index (κ1) is 18.1. The molecule has 0 atom stereocenters. The highest BCUT2D eigenvalue weighted by Gasteiger charge is 2.23. The highest BCUT2D eigenvalue weighted by Crippen LogP contribution is 2.23. The predicted octanol–water partition coefficient (Wildman–Crippen LogP) is 2.99. The van der Waals surface area contributed by atoms with Crippen LogP contribution in [-0.2, 0) is 4.74 Å². The number of hydrogen-bond acceptors (Lipinski definition) is 4. The second kappa shape index (κ2) is 8.13. The Bertz CT molecular complexity index is 752. The quantitative estimate of drug-likeness (QED) is 0.768. The Hall–Kier alpha value is -1.69. The SMILES string of the molecule is COCCCN1CCN(C(=O)c2cc(C)nc3cc(Cl)ccc23)CC1. The number of carbonyl (C=O) groups is 1. The van der Waals surface area contributed by atoms with Crippen molar-refractivity contribution in [2.24, 2.45) is 0 Å². The molecule has 6 heteroatoms. The minimum atomic E-state index is 0.0781. The van der Waals surface area contributed by atoms with Crippen molar-refractivity contribution in [2.75, 3.05) is 46.4 Å². The van der Waals surface area contributed by atoms with Crippen LogP contribution in [0, 0.1) is 6.92 Å². The zero-order valence-electron chi connectivity index (χ0n) is 14.8. The number of carbonyl (C=O) groups excluding carboxylic acids is 1. The van der Waals surface area contributed by atoms with Crippen molar-refractivity contribution >= 4 is 28.4 Å². The molecule has 0 saturated carbocycles. The van der Waals surface area contributed by atoms with Crippen molar-refractivity contribution in [3.8, 4) is 0 Å². The summed E-state index contributed by atoms with van der Waals surface area (Å²) in [6.07, 6.45) is 1.03. The van der Waals surface area contributed by atoms with E-state index < -0.39 is 0 Å². The van der Waals surface area contributed by atoms with Crippen LogP contribution >= 0.6 is 11.6 Å². The third kappa shape index (κ3) is 4.29. The molecule has 0 aliphatic carbocycles. The molecular weight excluding hydrogens is 338 g/mol. The molecule has 1 saturated heterocycles. The Morgan fingerprint density at radius 2 is 2.00 bits per heavy atom. The van der Waals surface area contributed by atoms with E-state index in [1.165, 1.54) is 0 Å². The van der Waals surface area contributed by atoms with Crippen LogP contribution in [0.25, 0.3) is 10.9 Å². The lowest BCUT2D eigenvalue weighted by Crippen LogP contribution is -2.49. The van der Waals surface area contributed by atoms with E-state index in [-0.39, 0.29) is 5.91 Å². The maximum absolute atomic E-state index is 13.0. The zero-order valence-corrected chi connectivity index (χ0v) is 15.6. The van der Waals surface area contributed by atoms with Crippen molar-refractivity contribution in [3.05, 3.63) is 40.5 Å². The number of halogens is 1. The molecule has 2 heterocycles. The molecule has 0 spiro atoms. The highest BCUT2D eigenvalue weighted by molar-refractivity contribution is 6.31. The third-order valence-electron chi connectivity index (χ3n) is 4.61. The molecule has 1 aliphatic heterocycles. The number of piperazine rings is 1. The maximum atomic E-state index is 13.0. The number of rotatable bonds is 5. The number of aryl methyl sites for hydroxylation is 1. The van der Waals surface area contributed by atoms with Crippen LogP contribution in [0.15, 0.2) is 24.3 Å². The van der Waals surface area contributed by atoms with Crippen LogP contribution in [0.4, 0.5) is 0 Å². The van der Waals surface area contributed by atoms with Crippen LogP contribution in [0.1, 0.15) is 22.5 Å². The summed E-state index contributed by atoms with van der Waals surface area (Å²) in [5, 5.41) is 1.50. The molecule has 25 heavy (non-hydrogen) atoms. The molecule has 3 rings (SSSR count). The largest absolute Gasteiger partial charge is 0.385 e. The number of benzene rings is 1. The lowest BCUT2D eigenvalue weighted by Gasteiger charge is -2.35. The minimum Gasteiger partial charge on any atom is -0.385 e. The van der Waals surface area contributed by atoms with Crippen molar-refractivity contribution in [3.63, 3.8) is 0 Å².